The van der Waals surface area contributed by atoms with E-state index in [1.165, 1.54) is 24.3 Å². The summed E-state index contributed by atoms with van der Waals surface area (Å²) in [6.07, 6.45) is 3.47. The minimum Gasteiger partial charge on any atom is -0.459 e. The highest BCUT2D eigenvalue weighted by atomic mass is 32.2. The summed E-state index contributed by atoms with van der Waals surface area (Å²) in [6.45, 7) is 0. The van der Waals surface area contributed by atoms with Crippen molar-refractivity contribution >= 4 is 27.4 Å². The van der Waals surface area contributed by atoms with Crippen molar-refractivity contribution < 1.29 is 35.9 Å². The number of amides is 1. The van der Waals surface area contributed by atoms with Crippen molar-refractivity contribution in [2.24, 2.45) is 11.8 Å². The largest absolute Gasteiger partial charge is 0.459 e. The maximum Gasteiger partial charge on any atom is 0.306 e. The summed E-state index contributed by atoms with van der Waals surface area (Å²) in [5.41, 5.74) is -0.872. The normalized spacial score (nSPS) is 28.2. The second kappa shape index (κ2) is 8.11. The van der Waals surface area contributed by atoms with E-state index in [4.69, 9.17) is 4.74 Å². The molecule has 2 aromatic rings. The number of hydrogen-bond donors (Lipinski definition) is 1. The summed E-state index contributed by atoms with van der Waals surface area (Å²) in [5, 5.41) is 1.63. The molecule has 3 aliphatic rings. The standard InChI is InChI=1S/C24H22F3NO5S/c25-18-9-16(10-19(26)21(18)27)28-23(30)13-2-1-3-17(8-13)34(31,32)22-14-4-5-15(22)12-24(11-14)7-6-20(29)33-24/h1-3,8-10,14-15,22H,4-7,11-12H2,(H,28,30)/t14-,15?,22?,24+/m0/s1. The van der Waals surface area contributed by atoms with E-state index in [0.717, 1.165) is 12.8 Å². The molecule has 2 aliphatic carbocycles. The third-order valence-corrected chi connectivity index (χ3v) is 9.64. The van der Waals surface area contributed by atoms with Gasteiger partial charge >= 0.3 is 5.97 Å². The molecule has 5 rings (SSSR count). The third kappa shape index (κ3) is 3.87. The first kappa shape index (κ1) is 22.9. The number of halogens is 3. The van der Waals surface area contributed by atoms with Crippen molar-refractivity contribution in [3.8, 4) is 0 Å². The number of benzene rings is 2. The lowest BCUT2D eigenvalue weighted by molar-refractivity contribution is -0.152. The number of rotatable bonds is 4. The summed E-state index contributed by atoms with van der Waals surface area (Å²) in [5.74, 6) is -5.86. The highest BCUT2D eigenvalue weighted by Crippen LogP contribution is 2.54. The second-order valence-electron chi connectivity index (χ2n) is 9.41. The van der Waals surface area contributed by atoms with Crippen LogP contribution < -0.4 is 5.32 Å². The number of carbonyl (C=O) groups excluding carboxylic acids is 2. The number of anilines is 1. The van der Waals surface area contributed by atoms with Crippen LogP contribution in [0.3, 0.4) is 0 Å². The number of ether oxygens (including phenoxy) is 1. The Morgan fingerprint density at radius 3 is 2.26 bits per heavy atom. The zero-order chi connectivity index (χ0) is 24.3. The molecular formula is C24H22F3NO5S. The van der Waals surface area contributed by atoms with Crippen LogP contribution in [0.4, 0.5) is 18.9 Å². The van der Waals surface area contributed by atoms with E-state index < -0.39 is 44.0 Å². The molecule has 2 saturated carbocycles. The molecule has 6 nitrogen and oxygen atoms in total. The van der Waals surface area contributed by atoms with Crippen LogP contribution in [0, 0.1) is 29.3 Å². The first-order valence-electron chi connectivity index (χ1n) is 11.1. The molecule has 1 spiro atoms. The highest BCUT2D eigenvalue weighted by Gasteiger charge is 2.57. The van der Waals surface area contributed by atoms with Gasteiger partial charge in [0.05, 0.1) is 10.1 Å². The zero-order valence-corrected chi connectivity index (χ0v) is 18.8. The molecule has 1 amide bonds. The first-order chi connectivity index (χ1) is 16.1. The maximum atomic E-state index is 13.6. The lowest BCUT2D eigenvalue weighted by Crippen LogP contribution is -2.46. The van der Waals surface area contributed by atoms with Crippen molar-refractivity contribution in [3.63, 3.8) is 0 Å². The van der Waals surface area contributed by atoms with E-state index in [2.05, 4.69) is 5.32 Å². The van der Waals surface area contributed by atoms with Gasteiger partial charge in [-0.2, -0.15) is 0 Å². The zero-order valence-electron chi connectivity index (χ0n) is 18.0. The van der Waals surface area contributed by atoms with Crippen molar-refractivity contribution in [2.45, 2.75) is 54.3 Å². The van der Waals surface area contributed by atoms with Gasteiger partial charge in [-0.1, -0.05) is 6.07 Å². The van der Waals surface area contributed by atoms with Crippen LogP contribution in [0.5, 0.6) is 0 Å². The van der Waals surface area contributed by atoms with E-state index in [1.807, 2.05) is 0 Å². The Balaban J connectivity index is 1.38. The van der Waals surface area contributed by atoms with Crippen molar-refractivity contribution in [1.29, 1.82) is 0 Å². The molecule has 1 N–H and O–H groups in total. The van der Waals surface area contributed by atoms with Gasteiger partial charge in [0.1, 0.15) is 5.60 Å². The molecule has 3 fully saturated rings. The molecule has 34 heavy (non-hydrogen) atoms. The molecule has 2 aromatic carbocycles. The maximum absolute atomic E-state index is 13.6. The molecule has 0 radical (unpaired) electrons. The van der Waals surface area contributed by atoms with Gasteiger partial charge in [0, 0.05) is 29.8 Å². The van der Waals surface area contributed by atoms with Gasteiger partial charge in [-0.15, -0.1) is 0 Å². The third-order valence-electron chi connectivity index (χ3n) is 7.25. The Kier molecular flexibility index (Phi) is 5.46. The van der Waals surface area contributed by atoms with Gasteiger partial charge in [0.15, 0.2) is 27.3 Å². The Bertz CT molecular complexity index is 1260. The number of carbonyl (C=O) groups is 2. The molecule has 4 atom stereocenters. The predicted molar refractivity (Wildman–Crippen MR) is 115 cm³/mol. The summed E-state index contributed by atoms with van der Waals surface area (Å²) >= 11 is 0. The molecular weight excluding hydrogens is 471 g/mol. The lowest BCUT2D eigenvalue weighted by atomic mass is 9.76. The molecule has 2 unspecified atom stereocenters. The van der Waals surface area contributed by atoms with Crippen LogP contribution in [0.1, 0.15) is 48.9 Å². The molecule has 180 valence electrons. The first-order valence-corrected chi connectivity index (χ1v) is 12.6. The average molecular weight is 494 g/mol. The predicted octanol–water partition coefficient (Wildman–Crippen LogP) is 4.39. The number of hydrogen-bond acceptors (Lipinski definition) is 5. The molecule has 0 aromatic heterocycles. The van der Waals surface area contributed by atoms with E-state index in [1.54, 1.807) is 0 Å². The van der Waals surface area contributed by atoms with Crippen LogP contribution in [0.2, 0.25) is 0 Å². The quantitative estimate of drug-likeness (QED) is 0.504. The van der Waals surface area contributed by atoms with Crippen LogP contribution >= 0.6 is 0 Å². The van der Waals surface area contributed by atoms with Gasteiger partial charge in [0.25, 0.3) is 5.91 Å². The average Bonchev–Trinajstić information content (AvgIpc) is 3.29. The summed E-state index contributed by atoms with van der Waals surface area (Å²) in [6, 6.07) is 6.75. The Morgan fingerprint density at radius 1 is 1.03 bits per heavy atom. The fourth-order valence-electron chi connectivity index (χ4n) is 5.89. The number of esters is 1. The molecule has 1 aliphatic heterocycles. The number of sulfone groups is 1. The summed E-state index contributed by atoms with van der Waals surface area (Å²) in [4.78, 5) is 24.3. The number of nitrogens with one attached hydrogen (secondary N) is 1. The van der Waals surface area contributed by atoms with Crippen LogP contribution in [-0.2, 0) is 19.4 Å². The van der Waals surface area contributed by atoms with Gasteiger partial charge in [-0.25, -0.2) is 21.6 Å². The summed E-state index contributed by atoms with van der Waals surface area (Å²) < 4.78 is 72.9. The lowest BCUT2D eigenvalue weighted by Gasteiger charge is -2.40. The second-order valence-corrected chi connectivity index (χ2v) is 11.5. The SMILES string of the molecule is O=C1CC[C@@]2(CC3CC[C@@H](C2)C3S(=O)(=O)c2cccc(C(=O)Nc3cc(F)c(F)c(F)c3)c2)O1. The Morgan fingerprint density at radius 2 is 1.68 bits per heavy atom. The minimum atomic E-state index is -3.80. The highest BCUT2D eigenvalue weighted by molar-refractivity contribution is 7.92. The van der Waals surface area contributed by atoms with E-state index in [-0.39, 0.29) is 34.0 Å². The fourth-order valence-corrected chi connectivity index (χ4v) is 8.24. The van der Waals surface area contributed by atoms with E-state index >= 15 is 0 Å². The van der Waals surface area contributed by atoms with Crippen molar-refractivity contribution in [1.82, 2.24) is 0 Å². The van der Waals surface area contributed by atoms with E-state index in [0.29, 0.717) is 37.8 Å². The molecule has 2 bridgehead atoms. The Labute approximate surface area is 194 Å². The van der Waals surface area contributed by atoms with Crippen molar-refractivity contribution in [3.05, 3.63) is 59.4 Å². The molecule has 1 heterocycles. The van der Waals surface area contributed by atoms with Crippen LogP contribution in [-0.4, -0.2) is 31.1 Å². The smallest absolute Gasteiger partial charge is 0.306 e. The Hall–Kier alpha value is -2.88. The van der Waals surface area contributed by atoms with Crippen LogP contribution in [0.25, 0.3) is 0 Å². The van der Waals surface area contributed by atoms with Gasteiger partial charge in [-0.3, -0.25) is 9.59 Å². The van der Waals surface area contributed by atoms with Crippen LogP contribution in [0.15, 0.2) is 41.3 Å². The van der Waals surface area contributed by atoms with E-state index in [9.17, 15) is 31.2 Å². The van der Waals surface area contributed by atoms with Gasteiger partial charge < -0.3 is 10.1 Å². The fraction of sp³-hybridized carbons (Fsp3) is 0.417. The monoisotopic (exact) mass is 493 g/mol. The van der Waals surface area contributed by atoms with Gasteiger partial charge in [0.2, 0.25) is 0 Å². The van der Waals surface area contributed by atoms with Gasteiger partial charge in [-0.05, 0) is 62.1 Å². The molecule has 1 saturated heterocycles. The molecule has 10 heteroatoms. The topological polar surface area (TPSA) is 89.5 Å². The summed E-state index contributed by atoms with van der Waals surface area (Å²) in [7, 11) is -3.80. The minimum absolute atomic E-state index is 0.0158. The van der Waals surface area contributed by atoms with Crippen molar-refractivity contribution in [2.75, 3.05) is 5.32 Å². The number of fused-ring (bicyclic) bond motifs is 2.